The van der Waals surface area contributed by atoms with Crippen molar-refractivity contribution in [2.45, 2.75) is 0 Å². The second-order valence-electron chi connectivity index (χ2n) is 4.19. The molecule has 0 radical (unpaired) electrons. The molecule has 0 aliphatic carbocycles. The topological polar surface area (TPSA) is 50.1 Å². The normalized spacial score (nSPS) is 9.80. The van der Waals surface area contributed by atoms with Gasteiger partial charge in [0.25, 0.3) is 0 Å². The minimum atomic E-state index is 0. The number of aromatic nitrogens is 2. The van der Waals surface area contributed by atoms with E-state index in [1.54, 1.807) is 18.3 Å². The minimum absolute atomic E-state index is 0. The molecule has 0 unspecified atom stereocenters. The molecular weight excluding hydrogens is 243 g/mol. The zero-order valence-electron chi connectivity index (χ0n) is 11.2. The summed E-state index contributed by atoms with van der Waals surface area (Å²) >= 11 is 0. The largest absolute Gasteiger partial charge is 1.00 e. The zero-order valence-corrected chi connectivity index (χ0v) is 11.2. The monoisotopic (exact) mass is 255 g/mol. The number of nitrogens with zero attached hydrogens (tertiary/aromatic N) is 1. The molecular formula is C16H12LiN2O+. The fourth-order valence-corrected chi connectivity index (χ4v) is 1.99. The average molecular weight is 255 g/mol. The first kappa shape index (κ1) is 14.3. The second kappa shape index (κ2) is 6.38. The molecule has 0 atom stereocenters. The van der Waals surface area contributed by atoms with Crippen LogP contribution >= 0.6 is 0 Å². The summed E-state index contributed by atoms with van der Waals surface area (Å²) in [7, 11) is 0. The van der Waals surface area contributed by atoms with E-state index in [1.165, 1.54) is 0 Å². The van der Waals surface area contributed by atoms with Crippen LogP contribution in [0.1, 0.15) is 0 Å². The summed E-state index contributed by atoms with van der Waals surface area (Å²) in [5.41, 5.74) is 3.21. The Hall–Kier alpha value is -2.08. The van der Waals surface area contributed by atoms with Crippen molar-refractivity contribution >= 4 is 0 Å². The predicted octanol–water partition coefficient (Wildman–Crippen LogP) is -0.693. The van der Waals surface area contributed by atoms with E-state index in [-0.39, 0.29) is 24.6 Å². The summed E-state index contributed by atoms with van der Waals surface area (Å²) in [5.74, 6) is 0.0110. The summed E-state index contributed by atoms with van der Waals surface area (Å²) in [6, 6.07) is 18.5. The second-order valence-corrected chi connectivity index (χ2v) is 4.19. The SMILES string of the molecule is [Li+].[O-]c1ccccc1-c1cccc(-c2ccccn2)[nH+]1. The molecule has 20 heavy (non-hydrogen) atoms. The molecule has 3 rings (SSSR count). The smallest absolute Gasteiger partial charge is 0.872 e. The van der Waals surface area contributed by atoms with Crippen LogP contribution < -0.4 is 29.0 Å². The van der Waals surface area contributed by atoms with Gasteiger partial charge in [0.1, 0.15) is 5.69 Å². The van der Waals surface area contributed by atoms with Gasteiger partial charge in [-0.2, -0.15) is 0 Å². The Morgan fingerprint density at radius 3 is 2.30 bits per heavy atom. The maximum Gasteiger partial charge on any atom is 1.00 e. The Kier molecular flexibility index (Phi) is 4.57. The van der Waals surface area contributed by atoms with Crippen molar-refractivity contribution in [2.75, 3.05) is 0 Å². The maximum absolute atomic E-state index is 11.8. The standard InChI is InChI=1S/C16H12N2O.Li/c19-16-10-2-1-6-12(16)13-8-5-9-15(18-13)14-7-3-4-11-17-14;/h1-11,19H;/q;+1. The number of nitrogens with one attached hydrogen (secondary N) is 1. The number of rotatable bonds is 2. The molecule has 0 spiro atoms. The quantitative estimate of drug-likeness (QED) is 0.569. The molecule has 92 valence electrons. The van der Waals surface area contributed by atoms with Crippen molar-refractivity contribution in [3.8, 4) is 28.4 Å². The van der Waals surface area contributed by atoms with E-state index in [0.29, 0.717) is 5.56 Å². The van der Waals surface area contributed by atoms with Crippen molar-refractivity contribution in [1.29, 1.82) is 0 Å². The Morgan fingerprint density at radius 1 is 0.800 bits per heavy atom. The molecule has 0 amide bonds. The molecule has 1 aromatic carbocycles. The van der Waals surface area contributed by atoms with Gasteiger partial charge in [-0.1, -0.05) is 30.0 Å². The van der Waals surface area contributed by atoms with Gasteiger partial charge in [0.2, 0.25) is 11.4 Å². The van der Waals surface area contributed by atoms with E-state index >= 15 is 0 Å². The van der Waals surface area contributed by atoms with E-state index in [2.05, 4.69) is 9.97 Å². The summed E-state index contributed by atoms with van der Waals surface area (Å²) in [6.45, 7) is 0. The molecule has 0 saturated heterocycles. The Balaban J connectivity index is 0.00000147. The van der Waals surface area contributed by atoms with Gasteiger partial charge in [0.05, 0.1) is 0 Å². The van der Waals surface area contributed by atoms with Gasteiger partial charge in [0.15, 0.2) is 0 Å². The minimum Gasteiger partial charge on any atom is -0.872 e. The van der Waals surface area contributed by atoms with Gasteiger partial charge in [-0.15, -0.1) is 0 Å². The molecule has 0 aliphatic rings. The molecule has 4 heteroatoms. The van der Waals surface area contributed by atoms with Gasteiger partial charge >= 0.3 is 18.9 Å². The third kappa shape index (κ3) is 2.91. The van der Waals surface area contributed by atoms with E-state index < -0.39 is 0 Å². The van der Waals surface area contributed by atoms with Gasteiger partial charge in [0, 0.05) is 23.9 Å². The molecule has 0 saturated carbocycles. The Labute approximate surface area is 129 Å². The van der Waals surface area contributed by atoms with Crippen molar-refractivity contribution in [3.05, 3.63) is 66.9 Å². The third-order valence-corrected chi connectivity index (χ3v) is 2.91. The van der Waals surface area contributed by atoms with Crippen molar-refractivity contribution < 1.29 is 29.0 Å². The molecule has 2 aromatic heterocycles. The van der Waals surface area contributed by atoms with E-state index in [1.807, 2.05) is 48.5 Å². The molecule has 2 heterocycles. The van der Waals surface area contributed by atoms with Crippen LogP contribution in [0.5, 0.6) is 5.75 Å². The van der Waals surface area contributed by atoms with Crippen LogP contribution in [0.15, 0.2) is 66.9 Å². The fourth-order valence-electron chi connectivity index (χ4n) is 1.99. The van der Waals surface area contributed by atoms with Crippen molar-refractivity contribution in [2.24, 2.45) is 0 Å². The zero-order chi connectivity index (χ0) is 13.1. The molecule has 0 fully saturated rings. The van der Waals surface area contributed by atoms with Crippen LogP contribution in [0.2, 0.25) is 0 Å². The van der Waals surface area contributed by atoms with Crippen molar-refractivity contribution in [1.82, 2.24) is 4.98 Å². The number of pyridine rings is 2. The molecule has 3 nitrogen and oxygen atoms in total. The number of hydrogen-bond donors (Lipinski definition) is 0. The van der Waals surface area contributed by atoms with Crippen LogP contribution in [0, 0.1) is 0 Å². The van der Waals surface area contributed by atoms with Crippen LogP contribution in [0.25, 0.3) is 22.6 Å². The van der Waals surface area contributed by atoms with Gasteiger partial charge < -0.3 is 5.11 Å². The third-order valence-electron chi connectivity index (χ3n) is 2.91. The fraction of sp³-hybridized carbons (Fsp3) is 0. The van der Waals surface area contributed by atoms with E-state index in [0.717, 1.165) is 17.1 Å². The Morgan fingerprint density at radius 2 is 1.55 bits per heavy atom. The Bertz CT molecular complexity index is 702. The molecule has 1 N–H and O–H groups in total. The van der Waals surface area contributed by atoms with Crippen LogP contribution in [-0.4, -0.2) is 4.98 Å². The van der Waals surface area contributed by atoms with E-state index in [4.69, 9.17) is 0 Å². The molecule has 0 aliphatic heterocycles. The first-order chi connectivity index (χ1) is 9.34. The summed E-state index contributed by atoms with van der Waals surface area (Å²) in [4.78, 5) is 7.55. The van der Waals surface area contributed by atoms with Crippen LogP contribution in [0.4, 0.5) is 0 Å². The number of H-pyrrole nitrogens is 1. The summed E-state index contributed by atoms with van der Waals surface area (Å²) < 4.78 is 0. The predicted molar refractivity (Wildman–Crippen MR) is 71.1 cm³/mol. The van der Waals surface area contributed by atoms with Gasteiger partial charge in [-0.3, -0.25) is 0 Å². The first-order valence-corrected chi connectivity index (χ1v) is 6.05. The van der Waals surface area contributed by atoms with Gasteiger partial charge in [-0.25, -0.2) is 9.97 Å². The first-order valence-electron chi connectivity index (χ1n) is 6.05. The van der Waals surface area contributed by atoms with Crippen molar-refractivity contribution in [3.63, 3.8) is 0 Å². The average Bonchev–Trinajstić information content (AvgIpc) is 2.49. The summed E-state index contributed by atoms with van der Waals surface area (Å²) in [5, 5.41) is 11.8. The number of hydrogen-bond acceptors (Lipinski definition) is 2. The van der Waals surface area contributed by atoms with Crippen LogP contribution in [0.3, 0.4) is 0 Å². The maximum atomic E-state index is 11.8. The molecule has 0 bridgehead atoms. The van der Waals surface area contributed by atoms with Crippen LogP contribution in [-0.2, 0) is 0 Å². The number of benzene rings is 1. The molecule has 3 aromatic rings. The number of aromatic amines is 1. The summed E-state index contributed by atoms with van der Waals surface area (Å²) in [6.07, 6.45) is 1.75. The van der Waals surface area contributed by atoms with E-state index in [9.17, 15) is 5.11 Å². The van der Waals surface area contributed by atoms with Gasteiger partial charge in [-0.05, 0) is 24.3 Å². The number of para-hydroxylation sites is 1.